The van der Waals surface area contributed by atoms with Gasteiger partial charge >= 0.3 is 5.97 Å². The normalized spacial score (nSPS) is 19.6. The molecular weight excluding hydrogens is 258 g/mol. The first kappa shape index (κ1) is 12.6. The maximum Gasteiger partial charge on any atom is 0.335 e. The molecular formula is C15H15NO4. The summed E-state index contributed by atoms with van der Waals surface area (Å²) >= 11 is 0. The molecule has 0 amide bonds. The highest BCUT2D eigenvalue weighted by Gasteiger charge is 2.29. The summed E-state index contributed by atoms with van der Waals surface area (Å²) in [5.74, 6) is 0.899. The van der Waals surface area contributed by atoms with E-state index in [1.165, 1.54) is 6.08 Å². The monoisotopic (exact) mass is 273 g/mol. The largest absolute Gasteiger partial charge is 0.478 e. The van der Waals surface area contributed by atoms with Gasteiger partial charge in [0.05, 0.1) is 5.57 Å². The van der Waals surface area contributed by atoms with E-state index >= 15 is 0 Å². The standard InChI is InChI=1S/C15H15NO4/c1-16(2)10-4-6-12-14(8-10)20-13-7-9(15(17)18)3-5-11(13)19-12/h3-4,6-8,11H,5H2,1-2H3,(H,17,18). The maximum atomic E-state index is 11.0. The summed E-state index contributed by atoms with van der Waals surface area (Å²) in [7, 11) is 3.89. The molecule has 2 aliphatic rings. The van der Waals surface area contributed by atoms with Crippen LogP contribution in [0.4, 0.5) is 5.69 Å². The number of nitrogens with zero attached hydrogens (tertiary/aromatic N) is 1. The van der Waals surface area contributed by atoms with E-state index < -0.39 is 5.97 Å². The Morgan fingerprint density at radius 3 is 2.85 bits per heavy atom. The van der Waals surface area contributed by atoms with Crippen molar-refractivity contribution in [3.8, 4) is 11.5 Å². The Balaban J connectivity index is 1.94. The second-order valence-electron chi connectivity index (χ2n) is 4.98. The van der Waals surface area contributed by atoms with Crippen LogP contribution >= 0.6 is 0 Å². The van der Waals surface area contributed by atoms with Crippen molar-refractivity contribution in [2.75, 3.05) is 19.0 Å². The van der Waals surface area contributed by atoms with E-state index in [1.54, 1.807) is 6.08 Å². The molecule has 104 valence electrons. The van der Waals surface area contributed by atoms with Gasteiger partial charge in [0.25, 0.3) is 0 Å². The van der Waals surface area contributed by atoms with Crippen LogP contribution in [-0.2, 0) is 4.79 Å². The average molecular weight is 273 g/mol. The predicted octanol–water partition coefficient (Wildman–Crippen LogP) is 2.19. The Labute approximate surface area is 116 Å². The highest BCUT2D eigenvalue weighted by molar-refractivity contribution is 5.90. The Bertz CT molecular complexity index is 631. The molecule has 0 aromatic heterocycles. The molecule has 0 bridgehead atoms. The third kappa shape index (κ3) is 2.11. The number of aliphatic carboxylic acids is 1. The van der Waals surface area contributed by atoms with E-state index in [0.717, 1.165) is 5.69 Å². The highest BCUT2D eigenvalue weighted by Crippen LogP contribution is 2.40. The van der Waals surface area contributed by atoms with E-state index in [1.807, 2.05) is 37.2 Å². The number of anilines is 1. The highest BCUT2D eigenvalue weighted by atomic mass is 16.6. The lowest BCUT2D eigenvalue weighted by atomic mass is 10.0. The average Bonchev–Trinajstić information content (AvgIpc) is 2.43. The van der Waals surface area contributed by atoms with Gasteiger partial charge in [0.2, 0.25) is 0 Å². The minimum absolute atomic E-state index is 0.240. The number of benzene rings is 1. The Kier molecular flexibility index (Phi) is 2.89. The number of hydrogen-bond donors (Lipinski definition) is 1. The van der Waals surface area contributed by atoms with Crippen molar-refractivity contribution in [2.24, 2.45) is 0 Å². The van der Waals surface area contributed by atoms with E-state index in [0.29, 0.717) is 23.7 Å². The molecule has 20 heavy (non-hydrogen) atoms. The summed E-state index contributed by atoms with van der Waals surface area (Å²) in [6, 6.07) is 5.71. The first-order chi connectivity index (χ1) is 9.54. The Morgan fingerprint density at radius 1 is 1.35 bits per heavy atom. The lowest BCUT2D eigenvalue weighted by Crippen LogP contribution is -2.29. The Hall–Kier alpha value is -2.43. The molecule has 0 spiro atoms. The number of carboxylic acids is 1. The molecule has 5 nitrogen and oxygen atoms in total. The summed E-state index contributed by atoms with van der Waals surface area (Å²) in [6.07, 6.45) is 3.44. The fourth-order valence-electron chi connectivity index (χ4n) is 2.24. The minimum Gasteiger partial charge on any atom is -0.478 e. The van der Waals surface area contributed by atoms with Crippen molar-refractivity contribution >= 4 is 11.7 Å². The van der Waals surface area contributed by atoms with Crippen LogP contribution < -0.4 is 14.4 Å². The second-order valence-corrected chi connectivity index (χ2v) is 4.98. The van der Waals surface area contributed by atoms with E-state index in [4.69, 9.17) is 14.6 Å². The van der Waals surface area contributed by atoms with Gasteiger partial charge in [-0.05, 0) is 18.2 Å². The molecule has 0 saturated carbocycles. The lowest BCUT2D eigenvalue weighted by Gasteiger charge is -2.30. The van der Waals surface area contributed by atoms with Gasteiger partial charge in [-0.15, -0.1) is 0 Å². The van der Waals surface area contributed by atoms with Crippen LogP contribution in [0.3, 0.4) is 0 Å². The zero-order chi connectivity index (χ0) is 14.3. The van der Waals surface area contributed by atoms with Gasteiger partial charge in [-0.25, -0.2) is 4.79 Å². The molecule has 0 saturated heterocycles. The molecule has 1 aromatic carbocycles. The quantitative estimate of drug-likeness (QED) is 0.895. The van der Waals surface area contributed by atoms with E-state index in [-0.39, 0.29) is 11.7 Å². The number of carboxylic acid groups (broad SMARTS) is 1. The van der Waals surface area contributed by atoms with Crippen LogP contribution in [0, 0.1) is 0 Å². The van der Waals surface area contributed by atoms with Crippen LogP contribution in [0.2, 0.25) is 0 Å². The van der Waals surface area contributed by atoms with Crippen LogP contribution in [0.15, 0.2) is 41.7 Å². The van der Waals surface area contributed by atoms with Crippen LogP contribution in [0.25, 0.3) is 0 Å². The van der Waals surface area contributed by atoms with Crippen molar-refractivity contribution in [3.05, 3.63) is 41.7 Å². The number of ether oxygens (including phenoxy) is 2. The Morgan fingerprint density at radius 2 is 2.15 bits per heavy atom. The van der Waals surface area contributed by atoms with Gasteiger partial charge < -0.3 is 19.5 Å². The summed E-state index contributed by atoms with van der Waals surface area (Å²) < 4.78 is 11.7. The predicted molar refractivity (Wildman–Crippen MR) is 74.2 cm³/mol. The lowest BCUT2D eigenvalue weighted by molar-refractivity contribution is -0.132. The number of fused-ring (bicyclic) bond motifs is 2. The summed E-state index contributed by atoms with van der Waals surface area (Å²) in [4.78, 5) is 13.0. The zero-order valence-corrected chi connectivity index (χ0v) is 11.3. The molecule has 1 aromatic rings. The van der Waals surface area contributed by atoms with Crippen molar-refractivity contribution in [2.45, 2.75) is 12.5 Å². The first-order valence-corrected chi connectivity index (χ1v) is 6.35. The molecule has 0 fully saturated rings. The summed E-state index contributed by atoms with van der Waals surface area (Å²) in [5.41, 5.74) is 1.24. The van der Waals surface area contributed by atoms with Gasteiger partial charge in [0.1, 0.15) is 5.76 Å². The maximum absolute atomic E-state index is 11.0. The molecule has 1 unspecified atom stereocenters. The number of carbonyl (C=O) groups is 1. The molecule has 1 atom stereocenters. The first-order valence-electron chi connectivity index (χ1n) is 6.35. The van der Waals surface area contributed by atoms with E-state index in [2.05, 4.69) is 0 Å². The van der Waals surface area contributed by atoms with Gasteiger partial charge in [-0.3, -0.25) is 0 Å². The van der Waals surface area contributed by atoms with Crippen LogP contribution in [0.5, 0.6) is 11.5 Å². The van der Waals surface area contributed by atoms with Gasteiger partial charge in [-0.1, -0.05) is 6.08 Å². The molecule has 5 heteroatoms. The topological polar surface area (TPSA) is 59.0 Å². The fourth-order valence-corrected chi connectivity index (χ4v) is 2.24. The molecule has 0 radical (unpaired) electrons. The summed E-state index contributed by atoms with van der Waals surface area (Å²) in [6.45, 7) is 0. The van der Waals surface area contributed by atoms with Crippen LogP contribution in [-0.4, -0.2) is 31.3 Å². The van der Waals surface area contributed by atoms with Crippen LogP contribution in [0.1, 0.15) is 6.42 Å². The zero-order valence-electron chi connectivity index (χ0n) is 11.3. The van der Waals surface area contributed by atoms with E-state index in [9.17, 15) is 4.79 Å². The number of hydrogen-bond acceptors (Lipinski definition) is 4. The van der Waals surface area contributed by atoms with Crippen molar-refractivity contribution < 1.29 is 19.4 Å². The van der Waals surface area contributed by atoms with Gasteiger partial charge in [0, 0.05) is 32.3 Å². The van der Waals surface area contributed by atoms with Gasteiger partial charge in [-0.2, -0.15) is 0 Å². The molecule has 1 N–H and O–H groups in total. The molecule has 1 aliphatic heterocycles. The SMILES string of the molecule is CN(C)c1ccc2c(c1)OC1=CC(C(=O)O)=CCC1O2. The number of rotatable bonds is 2. The van der Waals surface area contributed by atoms with Crippen molar-refractivity contribution in [3.63, 3.8) is 0 Å². The fraction of sp³-hybridized carbons (Fsp3) is 0.267. The summed E-state index contributed by atoms with van der Waals surface area (Å²) in [5, 5.41) is 9.02. The second kappa shape index (κ2) is 4.59. The third-order valence-electron chi connectivity index (χ3n) is 3.35. The molecule has 1 heterocycles. The third-order valence-corrected chi connectivity index (χ3v) is 3.35. The van der Waals surface area contributed by atoms with Crippen molar-refractivity contribution in [1.29, 1.82) is 0 Å². The molecule has 3 rings (SSSR count). The minimum atomic E-state index is -0.951. The smallest absolute Gasteiger partial charge is 0.335 e. The van der Waals surface area contributed by atoms with Gasteiger partial charge in [0.15, 0.2) is 17.6 Å². The van der Waals surface area contributed by atoms with Crippen molar-refractivity contribution in [1.82, 2.24) is 0 Å². The molecule has 1 aliphatic carbocycles.